The van der Waals surface area contributed by atoms with E-state index < -0.39 is 0 Å². The smallest absolute Gasteiger partial charge is 0.261 e. The summed E-state index contributed by atoms with van der Waals surface area (Å²) in [6, 6.07) is 9.75. The topological polar surface area (TPSA) is 49.4 Å². The molecule has 0 bridgehead atoms. The normalized spacial score (nSPS) is 13.0. The third-order valence-corrected chi connectivity index (χ3v) is 4.71. The number of carbonyl (C=O) groups is 2. The molecule has 0 unspecified atom stereocenters. The number of rotatable bonds is 4. The van der Waals surface area contributed by atoms with Crippen LogP contribution >= 0.6 is 11.3 Å². The van der Waals surface area contributed by atoms with Crippen molar-refractivity contribution < 1.29 is 9.59 Å². The van der Waals surface area contributed by atoms with E-state index in [1.807, 2.05) is 41.5 Å². The Morgan fingerprint density at radius 3 is 2.91 bits per heavy atom. The number of nitrogens with zero attached hydrogens (tertiary/aromatic N) is 1. The zero-order valence-electron chi connectivity index (χ0n) is 12.5. The van der Waals surface area contributed by atoms with Gasteiger partial charge in [0.15, 0.2) is 0 Å². The summed E-state index contributed by atoms with van der Waals surface area (Å²) in [5.74, 6) is 0.121. The molecular weight excluding hydrogens is 296 g/mol. The van der Waals surface area contributed by atoms with Gasteiger partial charge < -0.3 is 10.2 Å². The summed E-state index contributed by atoms with van der Waals surface area (Å²) in [5, 5.41) is 4.82. The molecular formula is C17H18N2O2S. The fourth-order valence-corrected chi connectivity index (χ4v) is 3.33. The molecule has 1 aliphatic rings. The van der Waals surface area contributed by atoms with Gasteiger partial charge in [0.2, 0.25) is 5.91 Å². The summed E-state index contributed by atoms with van der Waals surface area (Å²) >= 11 is 1.44. The van der Waals surface area contributed by atoms with Crippen molar-refractivity contribution in [2.24, 2.45) is 0 Å². The quantitative estimate of drug-likeness (QED) is 0.943. The van der Waals surface area contributed by atoms with E-state index in [9.17, 15) is 9.59 Å². The number of carbonyl (C=O) groups excluding carboxylic acids is 2. The maximum absolute atomic E-state index is 11.9. The van der Waals surface area contributed by atoms with Crippen molar-refractivity contribution in [3.05, 3.63) is 51.7 Å². The Kier molecular flexibility index (Phi) is 4.24. The van der Waals surface area contributed by atoms with Crippen molar-refractivity contribution >= 4 is 28.8 Å². The largest absolute Gasteiger partial charge is 0.347 e. The van der Waals surface area contributed by atoms with E-state index in [2.05, 4.69) is 11.4 Å². The summed E-state index contributed by atoms with van der Waals surface area (Å²) in [7, 11) is 0. The maximum atomic E-state index is 11.9. The number of fused-ring (bicyclic) bond motifs is 1. The zero-order chi connectivity index (χ0) is 15.5. The maximum Gasteiger partial charge on any atom is 0.261 e. The summed E-state index contributed by atoms with van der Waals surface area (Å²) in [6.45, 7) is 3.15. The Labute approximate surface area is 133 Å². The lowest BCUT2D eigenvalue weighted by molar-refractivity contribution is -0.118. The fraction of sp³-hybridized carbons (Fsp3) is 0.294. The van der Waals surface area contributed by atoms with Crippen LogP contribution in [0.15, 0.2) is 35.7 Å². The van der Waals surface area contributed by atoms with Crippen molar-refractivity contribution in [1.29, 1.82) is 0 Å². The number of hydrogen-bond acceptors (Lipinski definition) is 3. The van der Waals surface area contributed by atoms with Crippen LogP contribution in [0.4, 0.5) is 5.69 Å². The molecule has 4 nitrogen and oxygen atoms in total. The van der Waals surface area contributed by atoms with Crippen LogP contribution in [-0.4, -0.2) is 18.4 Å². The highest BCUT2D eigenvalue weighted by Crippen LogP contribution is 2.29. The molecule has 0 fully saturated rings. The van der Waals surface area contributed by atoms with Crippen LogP contribution in [0.5, 0.6) is 0 Å². The molecule has 2 heterocycles. The minimum Gasteiger partial charge on any atom is -0.347 e. The molecule has 3 rings (SSSR count). The Balaban J connectivity index is 1.67. The molecule has 114 valence electrons. The number of nitrogens with one attached hydrogen (secondary N) is 1. The first-order chi connectivity index (χ1) is 10.7. The predicted octanol–water partition coefficient (Wildman–Crippen LogP) is 2.98. The van der Waals surface area contributed by atoms with Gasteiger partial charge in [0, 0.05) is 25.2 Å². The van der Waals surface area contributed by atoms with Crippen LogP contribution in [0.2, 0.25) is 0 Å². The third kappa shape index (κ3) is 2.90. The molecule has 22 heavy (non-hydrogen) atoms. The van der Waals surface area contributed by atoms with E-state index in [-0.39, 0.29) is 11.8 Å². The van der Waals surface area contributed by atoms with Crippen molar-refractivity contribution in [1.82, 2.24) is 5.32 Å². The van der Waals surface area contributed by atoms with Crippen molar-refractivity contribution in [3.63, 3.8) is 0 Å². The van der Waals surface area contributed by atoms with Crippen LogP contribution in [0.3, 0.4) is 0 Å². The first-order valence-electron chi connectivity index (χ1n) is 7.43. The molecule has 0 saturated heterocycles. The second-order valence-electron chi connectivity index (χ2n) is 5.27. The summed E-state index contributed by atoms with van der Waals surface area (Å²) < 4.78 is 0. The van der Waals surface area contributed by atoms with E-state index >= 15 is 0 Å². The molecule has 0 atom stereocenters. The Morgan fingerprint density at radius 2 is 2.18 bits per heavy atom. The summed E-state index contributed by atoms with van der Waals surface area (Å²) in [4.78, 5) is 26.4. The van der Waals surface area contributed by atoms with Gasteiger partial charge >= 0.3 is 0 Å². The highest BCUT2D eigenvalue weighted by molar-refractivity contribution is 7.12. The fourth-order valence-electron chi connectivity index (χ4n) is 2.69. The highest BCUT2D eigenvalue weighted by Gasteiger charge is 2.23. The van der Waals surface area contributed by atoms with Crippen molar-refractivity contribution in [3.8, 4) is 0 Å². The van der Waals surface area contributed by atoms with E-state index in [1.165, 1.54) is 16.9 Å². The Morgan fingerprint density at radius 1 is 1.32 bits per heavy atom. The molecule has 0 spiro atoms. The van der Waals surface area contributed by atoms with E-state index in [4.69, 9.17) is 0 Å². The second kappa shape index (κ2) is 6.32. The molecule has 0 aliphatic carbocycles. The van der Waals surface area contributed by atoms with Gasteiger partial charge in [-0.25, -0.2) is 0 Å². The van der Waals surface area contributed by atoms with E-state index in [0.717, 1.165) is 29.1 Å². The van der Waals surface area contributed by atoms with Gasteiger partial charge in [0.1, 0.15) is 0 Å². The molecule has 1 N–H and O–H groups in total. The molecule has 1 aliphatic heterocycles. The Bertz CT molecular complexity index is 695. The third-order valence-electron chi connectivity index (χ3n) is 3.84. The Hall–Kier alpha value is -2.14. The molecule has 0 radical (unpaired) electrons. The minimum absolute atomic E-state index is 0.0433. The van der Waals surface area contributed by atoms with Crippen LogP contribution < -0.4 is 10.2 Å². The van der Waals surface area contributed by atoms with Crippen LogP contribution in [-0.2, 0) is 17.8 Å². The number of benzene rings is 1. The average molecular weight is 314 g/mol. The summed E-state index contributed by atoms with van der Waals surface area (Å²) in [5.41, 5.74) is 3.26. The van der Waals surface area contributed by atoms with Crippen molar-refractivity contribution in [2.45, 2.75) is 26.3 Å². The minimum atomic E-state index is -0.0433. The van der Waals surface area contributed by atoms with E-state index in [0.29, 0.717) is 13.0 Å². The lowest BCUT2D eigenvalue weighted by atomic mass is 10.1. The SMILES string of the molecule is CCC(=O)N1CCc2cc(CNC(=O)c3cccs3)ccc21. The first-order valence-corrected chi connectivity index (χ1v) is 8.31. The van der Waals surface area contributed by atoms with Gasteiger partial charge in [-0.2, -0.15) is 0 Å². The van der Waals surface area contributed by atoms with Gasteiger partial charge in [-0.3, -0.25) is 9.59 Å². The van der Waals surface area contributed by atoms with Crippen molar-refractivity contribution in [2.75, 3.05) is 11.4 Å². The molecule has 2 aromatic rings. The lowest BCUT2D eigenvalue weighted by Gasteiger charge is -2.16. The van der Waals surface area contributed by atoms with Gasteiger partial charge in [-0.05, 0) is 35.1 Å². The zero-order valence-corrected chi connectivity index (χ0v) is 13.3. The van der Waals surface area contributed by atoms with Crippen LogP contribution in [0, 0.1) is 0 Å². The summed E-state index contributed by atoms with van der Waals surface area (Å²) in [6.07, 6.45) is 1.41. The first kappa shape index (κ1) is 14.8. The van der Waals surface area contributed by atoms with Crippen LogP contribution in [0.25, 0.3) is 0 Å². The predicted molar refractivity (Wildman–Crippen MR) is 88.3 cm³/mol. The standard InChI is InChI=1S/C17H18N2O2S/c1-2-16(20)19-8-7-13-10-12(5-6-14(13)19)11-18-17(21)15-4-3-9-22-15/h3-6,9-10H,2,7-8,11H2,1H3,(H,18,21). The van der Waals surface area contributed by atoms with Crippen LogP contribution in [0.1, 0.15) is 34.1 Å². The van der Waals surface area contributed by atoms with Gasteiger partial charge in [0.05, 0.1) is 4.88 Å². The highest BCUT2D eigenvalue weighted by atomic mass is 32.1. The average Bonchev–Trinajstić information content (AvgIpc) is 3.20. The number of amides is 2. The van der Waals surface area contributed by atoms with Gasteiger partial charge in [0.25, 0.3) is 5.91 Å². The van der Waals surface area contributed by atoms with E-state index in [1.54, 1.807) is 0 Å². The second-order valence-corrected chi connectivity index (χ2v) is 6.22. The molecule has 2 amide bonds. The van der Waals surface area contributed by atoms with Gasteiger partial charge in [-0.1, -0.05) is 25.1 Å². The number of anilines is 1. The number of hydrogen-bond donors (Lipinski definition) is 1. The lowest BCUT2D eigenvalue weighted by Crippen LogP contribution is -2.27. The number of thiophene rings is 1. The molecule has 1 aromatic heterocycles. The molecule has 1 aromatic carbocycles. The molecule has 0 saturated carbocycles. The molecule has 5 heteroatoms. The van der Waals surface area contributed by atoms with Gasteiger partial charge in [-0.15, -0.1) is 11.3 Å². The monoisotopic (exact) mass is 314 g/mol.